The van der Waals surface area contributed by atoms with Crippen molar-refractivity contribution in [3.63, 3.8) is 0 Å². The normalized spacial score (nSPS) is 15.3. The molecule has 8 heteroatoms. The molecule has 28 heavy (non-hydrogen) atoms. The van der Waals surface area contributed by atoms with E-state index in [-0.39, 0.29) is 12.4 Å². The number of epoxide rings is 1. The highest BCUT2D eigenvalue weighted by atomic mass is 19.4. The average molecular weight is 392 g/mol. The minimum absolute atomic E-state index is 0.0847. The molecule has 1 saturated heterocycles. The number of hydrogen-bond donors (Lipinski definition) is 0. The van der Waals surface area contributed by atoms with E-state index in [0.717, 1.165) is 11.8 Å². The Labute approximate surface area is 160 Å². The topological polar surface area (TPSA) is 56.8 Å². The first-order valence-corrected chi connectivity index (χ1v) is 8.65. The molecule has 0 spiro atoms. The van der Waals surface area contributed by atoms with E-state index in [1.807, 2.05) is 19.9 Å². The molecule has 3 heterocycles. The first-order chi connectivity index (χ1) is 13.4. The number of aromatic nitrogens is 2. The van der Waals surface area contributed by atoms with E-state index in [9.17, 15) is 13.2 Å². The van der Waals surface area contributed by atoms with Crippen LogP contribution < -0.4 is 4.74 Å². The van der Waals surface area contributed by atoms with Gasteiger partial charge in [0.1, 0.15) is 24.5 Å². The summed E-state index contributed by atoms with van der Waals surface area (Å²) in [6.45, 7) is 4.55. The van der Waals surface area contributed by atoms with Crippen LogP contribution in [-0.4, -0.2) is 23.2 Å². The molecule has 5 nitrogen and oxygen atoms in total. The van der Waals surface area contributed by atoms with Crippen LogP contribution in [0.25, 0.3) is 6.08 Å². The first-order valence-electron chi connectivity index (χ1n) is 8.65. The highest BCUT2D eigenvalue weighted by Gasteiger charge is 2.35. The number of halogens is 3. The van der Waals surface area contributed by atoms with Crippen molar-refractivity contribution in [1.29, 1.82) is 0 Å². The van der Waals surface area contributed by atoms with Gasteiger partial charge < -0.3 is 14.2 Å². The van der Waals surface area contributed by atoms with Crippen molar-refractivity contribution >= 4 is 6.08 Å². The van der Waals surface area contributed by atoms with Crippen LogP contribution in [0.1, 0.15) is 29.4 Å². The van der Waals surface area contributed by atoms with E-state index in [4.69, 9.17) is 14.2 Å². The first kappa shape index (κ1) is 19.7. The number of rotatable bonds is 7. The molecular weight excluding hydrogens is 373 g/mol. The van der Waals surface area contributed by atoms with Crippen LogP contribution in [0.2, 0.25) is 0 Å². The molecule has 3 rings (SSSR count). The van der Waals surface area contributed by atoms with Crippen molar-refractivity contribution in [3.05, 3.63) is 70.7 Å². The molecule has 0 bridgehead atoms. The summed E-state index contributed by atoms with van der Waals surface area (Å²) in [5, 5.41) is 0. The molecule has 0 unspecified atom stereocenters. The van der Waals surface area contributed by atoms with Gasteiger partial charge in [0, 0.05) is 18.5 Å². The fourth-order valence-electron chi connectivity index (χ4n) is 2.33. The summed E-state index contributed by atoms with van der Waals surface area (Å²) in [4.78, 5) is 8.00. The lowest BCUT2D eigenvalue weighted by atomic mass is 10.2. The Hall–Kier alpha value is -3.03. The van der Waals surface area contributed by atoms with Crippen molar-refractivity contribution < 1.29 is 27.4 Å². The molecular formula is C20H19F3N2O3. The Kier molecular flexibility index (Phi) is 5.87. The lowest BCUT2D eigenvalue weighted by Gasteiger charge is -2.14. The molecule has 1 aliphatic rings. The van der Waals surface area contributed by atoms with E-state index in [1.54, 1.807) is 24.4 Å². The molecule has 0 aromatic carbocycles. The predicted molar refractivity (Wildman–Crippen MR) is 96.2 cm³/mol. The Balaban J connectivity index is 1.82. The van der Waals surface area contributed by atoms with Gasteiger partial charge in [-0.05, 0) is 37.6 Å². The number of pyridine rings is 2. The third kappa shape index (κ3) is 5.25. The summed E-state index contributed by atoms with van der Waals surface area (Å²) in [6.07, 6.45) is 0.987. The van der Waals surface area contributed by atoms with Crippen LogP contribution in [0, 0.1) is 6.92 Å². The van der Waals surface area contributed by atoms with Gasteiger partial charge >= 0.3 is 6.18 Å². The Morgan fingerprint density at radius 1 is 1.25 bits per heavy atom. The van der Waals surface area contributed by atoms with Crippen LogP contribution in [0.3, 0.4) is 0 Å². The smallest absolute Gasteiger partial charge is 0.421 e. The van der Waals surface area contributed by atoms with Gasteiger partial charge in [-0.25, -0.2) is 0 Å². The summed E-state index contributed by atoms with van der Waals surface area (Å²) < 4.78 is 55.8. The van der Waals surface area contributed by atoms with Gasteiger partial charge in [-0.3, -0.25) is 9.97 Å². The van der Waals surface area contributed by atoms with Crippen molar-refractivity contribution in [2.24, 2.45) is 0 Å². The minimum atomic E-state index is -4.58. The van der Waals surface area contributed by atoms with Crippen LogP contribution in [0.5, 0.6) is 5.75 Å². The van der Waals surface area contributed by atoms with Crippen molar-refractivity contribution in [3.8, 4) is 5.75 Å². The molecule has 0 N–H and O–H groups in total. The summed E-state index contributed by atoms with van der Waals surface area (Å²) in [7, 11) is 0. The number of hydrogen-bond acceptors (Lipinski definition) is 5. The zero-order chi connectivity index (χ0) is 20.1. The van der Waals surface area contributed by atoms with Crippen molar-refractivity contribution in [2.75, 3.05) is 13.2 Å². The maximum absolute atomic E-state index is 13.3. The third-order valence-corrected chi connectivity index (χ3v) is 3.81. The van der Waals surface area contributed by atoms with Gasteiger partial charge in [0.05, 0.1) is 18.0 Å². The van der Waals surface area contributed by atoms with Crippen LogP contribution >= 0.6 is 0 Å². The molecule has 1 fully saturated rings. The number of nitrogens with zero attached hydrogens (tertiary/aromatic N) is 2. The average Bonchev–Trinajstić information content (AvgIpc) is 3.49. The molecule has 148 valence electrons. The molecule has 0 aliphatic carbocycles. The molecule has 0 saturated carbocycles. The van der Waals surface area contributed by atoms with Gasteiger partial charge in [0.25, 0.3) is 0 Å². The van der Waals surface area contributed by atoms with Crippen molar-refractivity contribution in [2.45, 2.75) is 26.6 Å². The van der Waals surface area contributed by atoms with Crippen molar-refractivity contribution in [1.82, 2.24) is 9.97 Å². The summed E-state index contributed by atoms with van der Waals surface area (Å²) in [5.41, 5.74) is 0.848. The van der Waals surface area contributed by atoms with E-state index in [1.165, 1.54) is 6.07 Å². The second-order valence-corrected chi connectivity index (χ2v) is 6.06. The zero-order valence-corrected chi connectivity index (χ0v) is 15.4. The monoisotopic (exact) mass is 392 g/mol. The quantitative estimate of drug-likeness (QED) is 0.506. The largest absolute Gasteiger partial charge is 0.490 e. The molecule has 0 atom stereocenters. The highest BCUT2D eigenvalue weighted by Crippen LogP contribution is 2.36. The molecule has 1 aliphatic heterocycles. The number of alkyl halides is 3. The molecule has 0 radical (unpaired) electrons. The van der Waals surface area contributed by atoms with E-state index in [2.05, 4.69) is 9.97 Å². The van der Waals surface area contributed by atoms with Gasteiger partial charge in [0.15, 0.2) is 11.5 Å². The number of allylic oxidation sites excluding steroid dienone is 1. The minimum Gasteiger partial charge on any atom is -0.490 e. The van der Waals surface area contributed by atoms with E-state index >= 15 is 0 Å². The predicted octanol–water partition coefficient (Wildman–Crippen LogP) is 4.67. The van der Waals surface area contributed by atoms with Gasteiger partial charge in [-0.2, -0.15) is 13.2 Å². The standard InChI is InChI=1S/C20H19F3N2O3/c1-3-26-17(19-12-28-19)7-6-14-8-18(16(10-25-14)20(21,22)23)27-11-15-5-4-13(2)9-24-15/h4-10H,3,11-12H2,1-2H3/b7-6+,19-17?. The molecule has 2 aromatic heterocycles. The number of aryl methyl sites for hydroxylation is 1. The SMILES string of the molecule is CCOC(/C=C/c1cc(OCc2ccc(C)cn2)c(C(F)(F)F)cn1)=C1CO1. The fraction of sp³-hybridized carbons (Fsp3) is 0.300. The van der Waals surface area contributed by atoms with E-state index in [0.29, 0.717) is 36.1 Å². The highest BCUT2D eigenvalue weighted by molar-refractivity contribution is 5.52. The second kappa shape index (κ2) is 8.33. The molecule has 2 aromatic rings. The Morgan fingerprint density at radius 2 is 2.04 bits per heavy atom. The summed E-state index contributed by atoms with van der Waals surface area (Å²) >= 11 is 0. The van der Waals surface area contributed by atoms with Gasteiger partial charge in [0.2, 0.25) is 0 Å². The van der Waals surface area contributed by atoms with Gasteiger partial charge in [-0.1, -0.05) is 6.07 Å². The van der Waals surface area contributed by atoms with Crippen LogP contribution in [-0.2, 0) is 22.3 Å². The van der Waals surface area contributed by atoms with Crippen LogP contribution in [0.4, 0.5) is 13.2 Å². The lowest BCUT2D eigenvalue weighted by Crippen LogP contribution is -2.10. The number of ether oxygens (including phenoxy) is 3. The zero-order valence-electron chi connectivity index (χ0n) is 15.4. The second-order valence-electron chi connectivity index (χ2n) is 6.06. The van der Waals surface area contributed by atoms with E-state index < -0.39 is 11.7 Å². The summed E-state index contributed by atoms with van der Waals surface area (Å²) in [5.74, 6) is 0.931. The third-order valence-electron chi connectivity index (χ3n) is 3.81. The summed E-state index contributed by atoms with van der Waals surface area (Å²) in [6, 6.07) is 4.77. The van der Waals surface area contributed by atoms with Gasteiger partial charge in [-0.15, -0.1) is 0 Å². The maximum Gasteiger partial charge on any atom is 0.421 e. The fourth-order valence-corrected chi connectivity index (χ4v) is 2.33. The van der Waals surface area contributed by atoms with Crippen LogP contribution in [0.15, 0.2) is 48.2 Å². The Morgan fingerprint density at radius 3 is 2.64 bits per heavy atom. The maximum atomic E-state index is 13.3. The Bertz CT molecular complexity index is 885. The lowest BCUT2D eigenvalue weighted by molar-refractivity contribution is -0.139. The molecule has 0 amide bonds.